The molecule has 0 bridgehead atoms. The quantitative estimate of drug-likeness (QED) is 0.659. The highest BCUT2D eigenvalue weighted by molar-refractivity contribution is 7.90. The van der Waals surface area contributed by atoms with Crippen LogP contribution in [-0.4, -0.2) is 44.6 Å². The zero-order chi connectivity index (χ0) is 15.8. The number of hydrogen-bond donors (Lipinski definition) is 1. The third kappa shape index (κ3) is 3.10. The predicted octanol–water partition coefficient (Wildman–Crippen LogP) is 0.992. The van der Waals surface area contributed by atoms with Crippen molar-refractivity contribution in [2.45, 2.75) is 11.1 Å². The van der Waals surface area contributed by atoms with Crippen molar-refractivity contribution in [3.63, 3.8) is 0 Å². The van der Waals surface area contributed by atoms with Gasteiger partial charge in [0.1, 0.15) is 11.5 Å². The Kier molecular flexibility index (Phi) is 3.85. The molecule has 10 heteroatoms. The molecule has 0 aromatic heterocycles. The summed E-state index contributed by atoms with van der Waals surface area (Å²) >= 11 is 0. The van der Waals surface area contributed by atoms with E-state index in [0.29, 0.717) is 4.31 Å². The van der Waals surface area contributed by atoms with Crippen LogP contribution in [0, 0.1) is 0 Å². The van der Waals surface area contributed by atoms with Crippen LogP contribution in [0.2, 0.25) is 0 Å². The number of carbonyl (C=O) groups excluding carboxylic acids is 1. The third-order valence-electron chi connectivity index (χ3n) is 2.74. The maximum atomic E-state index is 12.1. The Morgan fingerprint density at radius 1 is 1.29 bits per heavy atom. The number of alkyl halides is 3. The van der Waals surface area contributed by atoms with E-state index in [1.54, 1.807) is 0 Å². The zero-order valence-corrected chi connectivity index (χ0v) is 11.4. The van der Waals surface area contributed by atoms with Gasteiger partial charge in [0.2, 0.25) is 0 Å². The van der Waals surface area contributed by atoms with Crippen LogP contribution in [0.25, 0.3) is 0 Å². The summed E-state index contributed by atoms with van der Waals surface area (Å²) in [5.41, 5.74) is 5.58. The lowest BCUT2D eigenvalue weighted by molar-refractivity contribution is -0.173. The molecule has 0 saturated carbocycles. The number of ether oxygens (including phenoxy) is 1. The van der Waals surface area contributed by atoms with Crippen LogP contribution in [0.1, 0.15) is 10.4 Å². The van der Waals surface area contributed by atoms with Crippen molar-refractivity contribution >= 4 is 21.6 Å². The fourth-order valence-corrected chi connectivity index (χ4v) is 3.44. The highest BCUT2D eigenvalue weighted by Crippen LogP contribution is 2.31. The number of amides is 1. The van der Waals surface area contributed by atoms with E-state index in [4.69, 9.17) is 5.73 Å². The minimum absolute atomic E-state index is 0.0555. The minimum atomic E-state index is -4.51. The Morgan fingerprint density at radius 2 is 1.95 bits per heavy atom. The van der Waals surface area contributed by atoms with Gasteiger partial charge in [0.15, 0.2) is 0 Å². The maximum absolute atomic E-state index is 12.1. The summed E-state index contributed by atoms with van der Waals surface area (Å²) in [5.74, 6) is -0.805. The van der Waals surface area contributed by atoms with Crippen LogP contribution in [0.3, 0.4) is 0 Å². The van der Waals surface area contributed by atoms with Gasteiger partial charge >= 0.3 is 6.18 Å². The summed E-state index contributed by atoms with van der Waals surface area (Å²) in [5, 5.41) is 0. The molecule has 1 aliphatic rings. The fourth-order valence-electron chi connectivity index (χ4n) is 1.85. The fraction of sp³-hybridized carbons (Fsp3) is 0.364. The van der Waals surface area contributed by atoms with E-state index in [-0.39, 0.29) is 16.1 Å². The van der Waals surface area contributed by atoms with Crippen molar-refractivity contribution in [2.75, 3.05) is 25.5 Å². The summed E-state index contributed by atoms with van der Waals surface area (Å²) < 4.78 is 64.7. The molecule has 1 aliphatic heterocycles. The predicted molar refractivity (Wildman–Crippen MR) is 66.0 cm³/mol. The first kappa shape index (κ1) is 15.6. The smallest absolute Gasteiger partial charge is 0.399 e. The largest absolute Gasteiger partial charge is 0.411 e. The lowest BCUT2D eigenvalue weighted by Gasteiger charge is -2.15. The number of carbonyl (C=O) groups is 1. The van der Waals surface area contributed by atoms with E-state index in [1.165, 1.54) is 12.1 Å². The zero-order valence-electron chi connectivity index (χ0n) is 10.6. The van der Waals surface area contributed by atoms with E-state index in [1.807, 2.05) is 0 Å². The Hall–Kier alpha value is -1.81. The van der Waals surface area contributed by atoms with E-state index < -0.39 is 41.9 Å². The Labute approximate surface area is 118 Å². The Morgan fingerprint density at radius 3 is 2.57 bits per heavy atom. The van der Waals surface area contributed by atoms with E-state index in [9.17, 15) is 26.4 Å². The van der Waals surface area contributed by atoms with Crippen LogP contribution in [0.15, 0.2) is 23.1 Å². The average Bonchev–Trinajstić information content (AvgIpc) is 2.53. The Bertz CT molecular complexity index is 673. The van der Waals surface area contributed by atoms with Gasteiger partial charge in [-0.1, -0.05) is 0 Å². The lowest BCUT2D eigenvalue weighted by atomic mass is 10.2. The van der Waals surface area contributed by atoms with Gasteiger partial charge in [-0.25, -0.2) is 12.7 Å². The molecule has 2 rings (SSSR count). The van der Waals surface area contributed by atoms with Crippen molar-refractivity contribution < 1.29 is 31.1 Å². The number of nitrogen functional groups attached to an aromatic ring is 1. The molecule has 0 saturated heterocycles. The number of sulfonamides is 1. The van der Waals surface area contributed by atoms with Crippen molar-refractivity contribution in [3.05, 3.63) is 23.8 Å². The summed E-state index contributed by atoms with van der Waals surface area (Å²) in [6.45, 7) is -2.55. The minimum Gasteiger partial charge on any atom is -0.399 e. The van der Waals surface area contributed by atoms with Gasteiger partial charge in [-0.05, 0) is 18.2 Å². The third-order valence-corrected chi connectivity index (χ3v) is 4.56. The Balaban J connectivity index is 2.11. The van der Waals surface area contributed by atoms with Gasteiger partial charge in [0, 0.05) is 5.69 Å². The van der Waals surface area contributed by atoms with Gasteiger partial charge in [-0.15, -0.1) is 0 Å². The van der Waals surface area contributed by atoms with Crippen molar-refractivity contribution in [1.29, 1.82) is 0 Å². The van der Waals surface area contributed by atoms with Crippen LogP contribution in [0.4, 0.5) is 18.9 Å². The number of nitrogens with zero attached hydrogens (tertiary/aromatic N) is 1. The normalized spacial score (nSPS) is 17.1. The van der Waals surface area contributed by atoms with Crippen LogP contribution in [0.5, 0.6) is 0 Å². The number of fused-ring (bicyclic) bond motifs is 1. The second-order valence-electron chi connectivity index (χ2n) is 4.31. The molecular weight excluding hydrogens is 313 g/mol. The number of benzene rings is 1. The summed E-state index contributed by atoms with van der Waals surface area (Å²) in [4.78, 5) is 11.7. The first-order valence-corrected chi connectivity index (χ1v) is 7.18. The summed E-state index contributed by atoms with van der Waals surface area (Å²) in [7, 11) is -4.09. The van der Waals surface area contributed by atoms with Crippen LogP contribution in [-0.2, 0) is 14.8 Å². The maximum Gasteiger partial charge on any atom is 0.411 e. The monoisotopic (exact) mass is 324 g/mol. The molecular formula is C11H11F3N2O4S. The molecule has 21 heavy (non-hydrogen) atoms. The van der Waals surface area contributed by atoms with Gasteiger partial charge in [-0.3, -0.25) is 4.79 Å². The molecule has 1 aromatic rings. The van der Waals surface area contributed by atoms with Gasteiger partial charge < -0.3 is 10.5 Å². The molecule has 116 valence electrons. The van der Waals surface area contributed by atoms with Crippen LogP contribution < -0.4 is 5.73 Å². The first-order chi connectivity index (χ1) is 9.63. The summed E-state index contributed by atoms with van der Waals surface area (Å²) in [6, 6.07) is 3.77. The number of halogens is 3. The van der Waals surface area contributed by atoms with E-state index in [2.05, 4.69) is 4.74 Å². The van der Waals surface area contributed by atoms with E-state index in [0.717, 1.165) is 6.07 Å². The van der Waals surface area contributed by atoms with Crippen molar-refractivity contribution in [3.8, 4) is 0 Å². The number of rotatable bonds is 4. The topological polar surface area (TPSA) is 89.7 Å². The number of nitrogens with two attached hydrogens (primary N) is 1. The van der Waals surface area contributed by atoms with Crippen molar-refractivity contribution in [2.24, 2.45) is 0 Å². The standard InChI is InChI=1S/C11H11F3N2O4S/c12-11(13,14)6-20-4-3-16-10(17)8-2-1-7(15)5-9(8)21(16,18)19/h1-2,5H,3-4,6,15H2. The van der Waals surface area contributed by atoms with Crippen LogP contribution >= 0.6 is 0 Å². The average molecular weight is 324 g/mol. The van der Waals surface area contributed by atoms with Gasteiger partial charge in [0.25, 0.3) is 15.9 Å². The number of anilines is 1. The molecule has 0 atom stereocenters. The highest BCUT2D eigenvalue weighted by Gasteiger charge is 2.41. The summed E-state index contributed by atoms with van der Waals surface area (Å²) in [6.07, 6.45) is -4.51. The molecule has 2 N–H and O–H groups in total. The van der Waals surface area contributed by atoms with E-state index >= 15 is 0 Å². The molecule has 0 aliphatic carbocycles. The molecule has 0 unspecified atom stereocenters. The molecule has 0 fully saturated rings. The molecule has 1 heterocycles. The lowest BCUT2D eigenvalue weighted by Crippen LogP contribution is -2.34. The number of hydrogen-bond acceptors (Lipinski definition) is 5. The molecule has 6 nitrogen and oxygen atoms in total. The van der Waals surface area contributed by atoms with Gasteiger partial charge in [-0.2, -0.15) is 13.2 Å². The second kappa shape index (κ2) is 5.19. The molecule has 1 aromatic carbocycles. The van der Waals surface area contributed by atoms with Gasteiger partial charge in [0.05, 0.1) is 18.7 Å². The molecule has 1 amide bonds. The highest BCUT2D eigenvalue weighted by atomic mass is 32.2. The van der Waals surface area contributed by atoms with Crippen molar-refractivity contribution in [1.82, 2.24) is 4.31 Å². The first-order valence-electron chi connectivity index (χ1n) is 5.74. The second-order valence-corrected chi connectivity index (χ2v) is 6.14. The molecule has 0 spiro atoms. The molecule has 0 radical (unpaired) electrons. The SMILES string of the molecule is Nc1ccc2c(c1)S(=O)(=O)N(CCOCC(F)(F)F)C2=O.